The van der Waals surface area contributed by atoms with Crippen LogP contribution in [0, 0.1) is 0 Å². The van der Waals surface area contributed by atoms with Gasteiger partial charge in [0, 0.05) is 0 Å². The second-order valence-corrected chi connectivity index (χ2v) is 2.93. The first-order chi connectivity index (χ1) is 8.74. The lowest BCUT2D eigenvalue weighted by Crippen LogP contribution is -2.24. The predicted molar refractivity (Wildman–Crippen MR) is 90.3 cm³/mol. The summed E-state index contributed by atoms with van der Waals surface area (Å²) in [6.45, 7) is 3.12. The molecule has 12 heteroatoms. The Bertz CT molecular complexity index is 295. The molecule has 128 valence electrons. The molecular weight excluding hydrogens is 278 g/mol. The standard InChI is InChI=1S/C3H10N6.C2H7N3.C2H6N2O.2CH4/c4-2(8-6)1-3(5)9-7;1-2(3)5-4;1-2(3)4-5;;/h1,6-7H2,(H2,4,8)(H2,5,9);4H2,1H3,(H2,3,5);5H,1H3,(H2,3,4);2*1H4. The molecule has 0 spiro atoms. The molecule has 0 aromatic rings. The number of nitrogens with zero attached hydrogens (tertiary/aromatic N) is 4. The van der Waals surface area contributed by atoms with Gasteiger partial charge in [0.25, 0.3) is 0 Å². The third-order valence-corrected chi connectivity index (χ3v) is 1.06. The number of oxime groups is 1. The minimum atomic E-state index is 0. The van der Waals surface area contributed by atoms with Crippen LogP contribution in [0.1, 0.15) is 35.1 Å². The minimum absolute atomic E-state index is 0. The highest BCUT2D eigenvalue weighted by atomic mass is 16.4. The largest absolute Gasteiger partial charge is 0.409 e. The van der Waals surface area contributed by atoms with Crippen molar-refractivity contribution < 1.29 is 5.21 Å². The Balaban J connectivity index is -0.0000000622. The van der Waals surface area contributed by atoms with Crippen LogP contribution in [0.2, 0.25) is 0 Å². The van der Waals surface area contributed by atoms with Crippen LogP contribution < -0.4 is 40.5 Å². The van der Waals surface area contributed by atoms with Gasteiger partial charge in [-0.1, -0.05) is 20.0 Å². The van der Waals surface area contributed by atoms with E-state index in [0.717, 1.165) is 0 Å². The summed E-state index contributed by atoms with van der Waals surface area (Å²) in [4.78, 5) is 0. The summed E-state index contributed by atoms with van der Waals surface area (Å²) in [6, 6.07) is 0. The second-order valence-electron chi connectivity index (χ2n) is 2.93. The first kappa shape index (κ1) is 30.8. The van der Waals surface area contributed by atoms with Crippen LogP contribution >= 0.6 is 0 Å². The third-order valence-electron chi connectivity index (χ3n) is 1.06. The molecule has 15 N–H and O–H groups in total. The van der Waals surface area contributed by atoms with Crippen molar-refractivity contribution in [3.63, 3.8) is 0 Å². The summed E-state index contributed by atoms with van der Waals surface area (Å²) in [6.07, 6.45) is 0.215. The zero-order valence-corrected chi connectivity index (χ0v) is 11.0. The highest BCUT2D eigenvalue weighted by Crippen LogP contribution is 1.75. The molecule has 0 aliphatic carbocycles. The number of amidine groups is 4. The predicted octanol–water partition coefficient (Wildman–Crippen LogP) is -1.90. The molecule has 0 rings (SSSR count). The lowest BCUT2D eigenvalue weighted by molar-refractivity contribution is 0.318. The van der Waals surface area contributed by atoms with Gasteiger partial charge in [-0.25, -0.2) is 0 Å². The first-order valence-corrected chi connectivity index (χ1v) is 4.73. The summed E-state index contributed by atoms with van der Waals surface area (Å²) < 4.78 is 0. The van der Waals surface area contributed by atoms with Gasteiger partial charge >= 0.3 is 0 Å². The summed E-state index contributed by atoms with van der Waals surface area (Å²) in [5.74, 6) is 15.2. The van der Waals surface area contributed by atoms with Crippen molar-refractivity contribution >= 4 is 23.3 Å². The number of nitrogens with two attached hydrogens (primary N) is 7. The number of hydrazone groups is 3. The smallest absolute Gasteiger partial charge is 0.135 e. The minimum Gasteiger partial charge on any atom is -0.409 e. The molecule has 0 atom stereocenters. The highest BCUT2D eigenvalue weighted by Gasteiger charge is 1.94. The van der Waals surface area contributed by atoms with Crippen molar-refractivity contribution in [2.24, 2.45) is 60.9 Å². The van der Waals surface area contributed by atoms with E-state index in [9.17, 15) is 0 Å². The zero-order valence-electron chi connectivity index (χ0n) is 11.0. The topological polar surface area (TPSA) is 252 Å². The third kappa shape index (κ3) is 47.1. The maximum absolute atomic E-state index is 7.61. The monoisotopic (exact) mass is 309 g/mol. The van der Waals surface area contributed by atoms with E-state index in [1.165, 1.54) is 6.92 Å². The first-order valence-electron chi connectivity index (χ1n) is 4.73. The summed E-state index contributed by atoms with van der Waals surface area (Å²) in [5.41, 5.74) is 20.0. The van der Waals surface area contributed by atoms with E-state index in [0.29, 0.717) is 5.84 Å². The van der Waals surface area contributed by atoms with Crippen LogP contribution in [0.3, 0.4) is 0 Å². The Labute approximate surface area is 125 Å². The Hall–Kier alpha value is -2.92. The average molecular weight is 309 g/mol. The van der Waals surface area contributed by atoms with Crippen molar-refractivity contribution in [1.82, 2.24) is 0 Å². The molecule has 0 aromatic carbocycles. The van der Waals surface area contributed by atoms with Gasteiger partial charge in [0.1, 0.15) is 23.3 Å². The van der Waals surface area contributed by atoms with Gasteiger partial charge in [-0.05, 0) is 13.8 Å². The van der Waals surface area contributed by atoms with Crippen LogP contribution in [0.25, 0.3) is 0 Å². The molecule has 0 saturated carbocycles. The molecular formula is C9H31N11O. The van der Waals surface area contributed by atoms with Crippen molar-refractivity contribution in [1.29, 1.82) is 0 Å². The van der Waals surface area contributed by atoms with Crippen LogP contribution in [-0.4, -0.2) is 28.5 Å². The van der Waals surface area contributed by atoms with Crippen molar-refractivity contribution in [3.05, 3.63) is 0 Å². The average Bonchev–Trinajstić information content (AvgIpc) is 2.39. The highest BCUT2D eigenvalue weighted by molar-refractivity contribution is 6.00. The summed E-state index contributed by atoms with van der Waals surface area (Å²) in [5, 5.41) is 19.6. The fourth-order valence-corrected chi connectivity index (χ4v) is 0.277. The normalized spacial score (nSPS) is 11.5. The molecule has 0 fully saturated rings. The van der Waals surface area contributed by atoms with Gasteiger partial charge in [0.2, 0.25) is 0 Å². The van der Waals surface area contributed by atoms with Crippen molar-refractivity contribution in [2.45, 2.75) is 35.1 Å². The molecule has 0 aliphatic rings. The van der Waals surface area contributed by atoms with E-state index in [4.69, 9.17) is 39.8 Å². The Kier molecular flexibility index (Phi) is 32.7. The maximum Gasteiger partial charge on any atom is 0.135 e. The summed E-state index contributed by atoms with van der Waals surface area (Å²) in [7, 11) is 0. The lowest BCUT2D eigenvalue weighted by atomic mass is 10.4. The maximum atomic E-state index is 7.61. The van der Waals surface area contributed by atoms with Gasteiger partial charge in [0.05, 0.1) is 6.42 Å². The van der Waals surface area contributed by atoms with Crippen LogP contribution in [0.15, 0.2) is 20.5 Å². The molecule has 0 saturated heterocycles. The van der Waals surface area contributed by atoms with E-state index in [1.807, 2.05) is 0 Å². The van der Waals surface area contributed by atoms with Crippen molar-refractivity contribution in [2.75, 3.05) is 0 Å². The fourth-order valence-electron chi connectivity index (χ4n) is 0.277. The molecule has 0 aliphatic heterocycles. The van der Waals surface area contributed by atoms with Crippen LogP contribution in [-0.2, 0) is 0 Å². The van der Waals surface area contributed by atoms with Gasteiger partial charge < -0.3 is 45.7 Å². The van der Waals surface area contributed by atoms with Crippen LogP contribution in [0.5, 0.6) is 0 Å². The van der Waals surface area contributed by atoms with E-state index in [2.05, 4.69) is 26.3 Å². The van der Waals surface area contributed by atoms with E-state index >= 15 is 0 Å². The molecule has 0 unspecified atom stereocenters. The number of hydrogen-bond acceptors (Lipinski definition) is 8. The number of hydrogen-bond donors (Lipinski definition) is 8. The molecule has 12 nitrogen and oxygen atoms in total. The molecule has 21 heavy (non-hydrogen) atoms. The Morgan fingerprint density at radius 3 is 1.10 bits per heavy atom. The second kappa shape index (κ2) is 22.3. The Morgan fingerprint density at radius 2 is 1.00 bits per heavy atom. The molecule has 0 radical (unpaired) electrons. The molecule has 0 heterocycles. The quantitative estimate of drug-likeness (QED) is 0.0936. The molecule has 0 amide bonds. The lowest BCUT2D eigenvalue weighted by Gasteiger charge is -1.94. The SMILES string of the molecule is C.C.C/C(N)=N/O.CC(N)=NN.NN=C(N)CC(N)=NN. The van der Waals surface area contributed by atoms with Gasteiger partial charge in [0.15, 0.2) is 0 Å². The zero-order chi connectivity index (χ0) is 15.8. The van der Waals surface area contributed by atoms with E-state index in [1.54, 1.807) is 6.92 Å². The fraction of sp³-hybridized carbons (Fsp3) is 0.556. The Morgan fingerprint density at radius 1 is 0.762 bits per heavy atom. The summed E-state index contributed by atoms with van der Waals surface area (Å²) >= 11 is 0. The molecule has 0 bridgehead atoms. The van der Waals surface area contributed by atoms with Gasteiger partial charge in [-0.3, -0.25) is 0 Å². The van der Waals surface area contributed by atoms with Gasteiger partial charge in [-0.15, -0.1) is 0 Å². The number of rotatable bonds is 2. The van der Waals surface area contributed by atoms with Crippen LogP contribution in [0.4, 0.5) is 0 Å². The van der Waals surface area contributed by atoms with Crippen molar-refractivity contribution in [3.8, 4) is 0 Å². The van der Waals surface area contributed by atoms with E-state index < -0.39 is 0 Å². The molecule has 0 aromatic heterocycles. The van der Waals surface area contributed by atoms with E-state index in [-0.39, 0.29) is 38.8 Å². The van der Waals surface area contributed by atoms with Gasteiger partial charge in [-0.2, -0.15) is 15.3 Å².